The summed E-state index contributed by atoms with van der Waals surface area (Å²) in [6.45, 7) is 6.25. The Balaban J connectivity index is 1.70. The predicted molar refractivity (Wildman–Crippen MR) is 187 cm³/mol. The van der Waals surface area contributed by atoms with Gasteiger partial charge in [-0.15, -0.1) is 0 Å². The molecule has 0 aliphatic heterocycles. The highest BCUT2D eigenvalue weighted by Gasteiger charge is 2.13. The second kappa shape index (κ2) is 9.35. The molecule has 0 aliphatic rings. The molecule has 3 heterocycles. The molecule has 0 N–H and O–H groups in total. The van der Waals surface area contributed by atoms with Crippen LogP contribution in [0.4, 0.5) is 0 Å². The molecular weight excluding hydrogens is 536 g/mol. The fourth-order valence-electron chi connectivity index (χ4n) is 6.79. The van der Waals surface area contributed by atoms with Gasteiger partial charge in [0.1, 0.15) is 11.3 Å². The number of rotatable bonds is 1. The highest BCUT2D eigenvalue weighted by Crippen LogP contribution is 2.36. The lowest BCUT2D eigenvalue weighted by Crippen LogP contribution is -1.88. The largest absolute Gasteiger partial charge is 0.456 e. The maximum absolute atomic E-state index is 6.36. The van der Waals surface area contributed by atoms with E-state index in [4.69, 9.17) is 14.4 Å². The Morgan fingerprint density at radius 3 is 1.95 bits per heavy atom. The van der Waals surface area contributed by atoms with Crippen LogP contribution in [0.5, 0.6) is 0 Å². The summed E-state index contributed by atoms with van der Waals surface area (Å²) in [5.74, 6) is 0.735. The first-order valence-corrected chi connectivity index (χ1v) is 14.9. The van der Waals surface area contributed by atoms with Crippen molar-refractivity contribution in [2.45, 2.75) is 6.92 Å². The Morgan fingerprint density at radius 2 is 1.16 bits per heavy atom. The summed E-state index contributed by atoms with van der Waals surface area (Å²) in [6.07, 6.45) is 1.79. The van der Waals surface area contributed by atoms with Crippen molar-refractivity contribution in [1.29, 1.82) is 0 Å². The molecule has 0 atom stereocenters. The zero-order valence-corrected chi connectivity index (χ0v) is 24.1. The zero-order chi connectivity index (χ0) is 29.4. The van der Waals surface area contributed by atoms with Crippen LogP contribution in [0.3, 0.4) is 0 Å². The van der Waals surface area contributed by atoms with Crippen molar-refractivity contribution in [2.75, 3.05) is 0 Å². The fourth-order valence-corrected chi connectivity index (χ4v) is 6.79. The van der Waals surface area contributed by atoms with E-state index in [-0.39, 0.29) is 0 Å². The lowest BCUT2D eigenvalue weighted by molar-refractivity contribution is 0.608. The zero-order valence-electron chi connectivity index (χ0n) is 24.1. The summed E-state index contributed by atoms with van der Waals surface area (Å²) in [4.78, 5) is 10.6. The summed E-state index contributed by atoms with van der Waals surface area (Å²) < 4.78 is 6.36. The van der Waals surface area contributed by atoms with E-state index < -0.39 is 0 Å². The molecule has 0 radical (unpaired) electrons. The smallest absolute Gasteiger partial charge is 0.161 e. The topological polar surface area (TPSA) is 38.9 Å². The summed E-state index contributed by atoms with van der Waals surface area (Å²) in [5.41, 5.74) is 4.35. The van der Waals surface area contributed by atoms with Crippen molar-refractivity contribution in [3.05, 3.63) is 139 Å². The molecule has 0 amide bonds. The van der Waals surface area contributed by atoms with E-state index in [0.717, 1.165) is 81.8 Å². The minimum absolute atomic E-state index is 0.665. The number of fused-ring (bicyclic) bond motifs is 13. The van der Waals surface area contributed by atoms with Crippen LogP contribution in [0.15, 0.2) is 132 Å². The van der Waals surface area contributed by atoms with Gasteiger partial charge in [0.2, 0.25) is 0 Å². The molecule has 0 saturated heterocycles. The molecule has 3 aromatic heterocycles. The van der Waals surface area contributed by atoms with Gasteiger partial charge in [0.05, 0.1) is 11.0 Å². The summed E-state index contributed by atoms with van der Waals surface area (Å²) in [6, 6.07) is 43.3. The molecule has 206 valence electrons. The first-order valence-electron chi connectivity index (χ1n) is 14.9. The minimum atomic E-state index is 0.665. The van der Waals surface area contributed by atoms with Crippen molar-refractivity contribution in [1.82, 2.24) is 9.97 Å². The lowest BCUT2D eigenvalue weighted by atomic mass is 9.99. The van der Waals surface area contributed by atoms with Gasteiger partial charge in [0, 0.05) is 26.9 Å². The fraction of sp³-hybridized carbons (Fsp3) is 0.0244. The van der Waals surface area contributed by atoms with Crippen molar-refractivity contribution in [3.63, 3.8) is 0 Å². The second-order valence-electron chi connectivity index (χ2n) is 11.5. The molecule has 0 fully saturated rings. The second-order valence-corrected chi connectivity index (χ2v) is 11.5. The van der Waals surface area contributed by atoms with Crippen molar-refractivity contribution < 1.29 is 4.42 Å². The van der Waals surface area contributed by atoms with Crippen LogP contribution in [0, 0.1) is 6.92 Å². The third kappa shape index (κ3) is 3.69. The first kappa shape index (κ1) is 24.8. The summed E-state index contributed by atoms with van der Waals surface area (Å²) in [7, 11) is 0. The number of benzene rings is 5. The predicted octanol–water partition coefficient (Wildman–Crippen LogP) is 11.4. The molecular formula is C41H26N2O. The Morgan fingerprint density at radius 1 is 0.523 bits per heavy atom. The maximum atomic E-state index is 6.36. The highest BCUT2D eigenvalue weighted by atomic mass is 16.3. The first-order chi connectivity index (χ1) is 21.6. The van der Waals surface area contributed by atoms with Gasteiger partial charge in [-0.05, 0) is 92.7 Å². The molecule has 9 aromatic rings. The van der Waals surface area contributed by atoms with Crippen LogP contribution in [-0.4, -0.2) is 9.97 Å². The number of hydrogen-bond donors (Lipinski definition) is 0. The van der Waals surface area contributed by atoms with E-state index in [0.29, 0.717) is 5.65 Å². The Labute approximate surface area is 253 Å². The van der Waals surface area contributed by atoms with Crippen LogP contribution in [0.1, 0.15) is 11.3 Å². The van der Waals surface area contributed by atoms with Crippen LogP contribution >= 0.6 is 0 Å². The molecule has 3 nitrogen and oxygen atoms in total. The lowest BCUT2D eigenvalue weighted by Gasteiger charge is -2.07. The van der Waals surface area contributed by atoms with E-state index >= 15 is 0 Å². The number of aryl methyl sites for hydroxylation is 1. The van der Waals surface area contributed by atoms with Gasteiger partial charge >= 0.3 is 0 Å². The van der Waals surface area contributed by atoms with Crippen LogP contribution in [0.2, 0.25) is 0 Å². The van der Waals surface area contributed by atoms with E-state index in [1.807, 2.05) is 12.1 Å². The number of aromatic nitrogens is 2. The SMILES string of the molecule is C=Cc1oc2cccc3c4nc5cc(n4)c4cc(ccc4c4ccccc4c(C)cc1c23)c1cccc(c1)c1cccc5c1. The van der Waals surface area contributed by atoms with Crippen LogP contribution in [0.25, 0.3) is 93.0 Å². The van der Waals surface area contributed by atoms with E-state index in [2.05, 4.69) is 123 Å². The van der Waals surface area contributed by atoms with Gasteiger partial charge in [-0.2, -0.15) is 0 Å². The van der Waals surface area contributed by atoms with Gasteiger partial charge in [0.25, 0.3) is 0 Å². The van der Waals surface area contributed by atoms with Gasteiger partial charge in [-0.1, -0.05) is 91.5 Å². The Kier molecular flexibility index (Phi) is 5.26. The number of nitrogens with zero attached hydrogens (tertiary/aromatic N) is 2. The van der Waals surface area contributed by atoms with Gasteiger partial charge in [-0.25, -0.2) is 9.97 Å². The van der Waals surface area contributed by atoms with Crippen LogP contribution in [-0.2, 0) is 0 Å². The highest BCUT2D eigenvalue weighted by molar-refractivity contribution is 6.17. The average Bonchev–Trinajstić information content (AvgIpc) is 3.44. The summed E-state index contributed by atoms with van der Waals surface area (Å²) in [5, 5.41) is 13.1. The molecule has 0 unspecified atom stereocenters. The van der Waals surface area contributed by atoms with E-state index in [1.165, 1.54) is 10.8 Å². The quantitative estimate of drug-likeness (QED) is 0.200. The average molecular weight is 563 g/mol. The van der Waals surface area contributed by atoms with Gasteiger partial charge < -0.3 is 4.42 Å². The summed E-state index contributed by atoms with van der Waals surface area (Å²) >= 11 is 0. The monoisotopic (exact) mass is 562 g/mol. The Hall–Kier alpha value is -5.80. The molecule has 0 aliphatic carbocycles. The third-order valence-electron chi connectivity index (χ3n) is 8.92. The van der Waals surface area contributed by atoms with Crippen molar-refractivity contribution >= 4 is 93.0 Å². The Bertz CT molecular complexity index is 2750. The normalized spacial score (nSPS) is 11.8. The number of hydrogen-bond acceptors (Lipinski definition) is 3. The maximum Gasteiger partial charge on any atom is 0.161 e. The minimum Gasteiger partial charge on any atom is -0.456 e. The molecule has 6 aromatic carbocycles. The molecule has 0 spiro atoms. The van der Waals surface area contributed by atoms with Crippen LogP contribution < -0.4 is 0 Å². The van der Waals surface area contributed by atoms with E-state index in [9.17, 15) is 0 Å². The molecule has 0 saturated carbocycles. The van der Waals surface area contributed by atoms with E-state index in [1.54, 1.807) is 6.08 Å². The number of furan rings is 1. The van der Waals surface area contributed by atoms with Gasteiger partial charge in [0.15, 0.2) is 5.65 Å². The molecule has 9 bridgehead atoms. The molecule has 3 heteroatoms. The van der Waals surface area contributed by atoms with Gasteiger partial charge in [-0.3, -0.25) is 0 Å². The van der Waals surface area contributed by atoms with Crippen molar-refractivity contribution in [3.8, 4) is 0 Å². The standard InChI is InChI=1S/C41H26N2O/c1-3-38-35-19-24(2)30-13-4-5-14-31(30)32-18-17-28-22-34(32)37-23-36(42-41(43-37)33-15-8-16-39(44-38)40(33)35)29-12-7-11-27(21-29)25-9-6-10-26(28)20-25/h3-23H,1H2,2H3. The molecule has 9 rings (SSSR count). The molecule has 44 heavy (non-hydrogen) atoms. The third-order valence-corrected chi connectivity index (χ3v) is 8.92. The van der Waals surface area contributed by atoms with Crippen molar-refractivity contribution in [2.24, 2.45) is 0 Å².